The van der Waals surface area contributed by atoms with Crippen LogP contribution in [0.3, 0.4) is 0 Å². The Bertz CT molecular complexity index is 617. The molecule has 0 bridgehead atoms. The lowest BCUT2D eigenvalue weighted by Crippen LogP contribution is -2.26. The van der Waals surface area contributed by atoms with Crippen LogP contribution in [-0.4, -0.2) is 20.7 Å². The van der Waals surface area contributed by atoms with Gasteiger partial charge in [0.15, 0.2) is 0 Å². The average Bonchev–Trinajstić information content (AvgIpc) is 2.62. The van der Waals surface area contributed by atoms with E-state index in [2.05, 4.69) is 15.4 Å². The zero-order chi connectivity index (χ0) is 14.0. The minimum absolute atomic E-state index is 0.245. The summed E-state index contributed by atoms with van der Waals surface area (Å²) in [4.78, 5) is 16.3. The summed E-state index contributed by atoms with van der Waals surface area (Å²) in [5.41, 5.74) is 9.17. The summed E-state index contributed by atoms with van der Waals surface area (Å²) in [7, 11) is 1.70. The van der Waals surface area contributed by atoms with E-state index in [1.165, 1.54) is 4.68 Å². The number of carbonyl (C=O) groups excluding carboxylic acids is 1. The Labute approximate surface area is 111 Å². The zero-order valence-corrected chi connectivity index (χ0v) is 11.3. The number of aromatic nitrogens is 3. The van der Waals surface area contributed by atoms with Gasteiger partial charge in [0.1, 0.15) is 5.69 Å². The quantitative estimate of drug-likeness (QED) is 0.859. The van der Waals surface area contributed by atoms with E-state index >= 15 is 0 Å². The van der Waals surface area contributed by atoms with Gasteiger partial charge in [-0.15, -0.1) is 0 Å². The largest absolute Gasteiger partial charge is 0.395 e. The summed E-state index contributed by atoms with van der Waals surface area (Å²) in [6.45, 7) is 4.10. The van der Waals surface area contributed by atoms with Crippen molar-refractivity contribution in [2.75, 3.05) is 5.73 Å². The van der Waals surface area contributed by atoms with Crippen molar-refractivity contribution in [1.29, 1.82) is 0 Å². The SMILES string of the molecule is Cc1cccnc1CNC(=O)c1c(N)c(C)nn1C. The van der Waals surface area contributed by atoms with Gasteiger partial charge in [-0.1, -0.05) is 6.07 Å². The Hall–Kier alpha value is -2.37. The third-order valence-electron chi connectivity index (χ3n) is 3.02. The number of pyridine rings is 1. The molecular weight excluding hydrogens is 242 g/mol. The van der Waals surface area contributed by atoms with Crippen molar-refractivity contribution in [3.8, 4) is 0 Å². The van der Waals surface area contributed by atoms with Crippen LogP contribution in [0.1, 0.15) is 27.4 Å². The van der Waals surface area contributed by atoms with Gasteiger partial charge < -0.3 is 11.1 Å². The highest BCUT2D eigenvalue weighted by Gasteiger charge is 2.17. The molecule has 3 N–H and O–H groups in total. The third kappa shape index (κ3) is 2.57. The molecule has 0 unspecified atom stereocenters. The second kappa shape index (κ2) is 5.09. The van der Waals surface area contributed by atoms with Crippen LogP contribution in [0, 0.1) is 13.8 Å². The van der Waals surface area contributed by atoms with Gasteiger partial charge in [-0.3, -0.25) is 14.5 Å². The maximum atomic E-state index is 12.1. The van der Waals surface area contributed by atoms with Crippen LogP contribution in [0.15, 0.2) is 18.3 Å². The Balaban J connectivity index is 2.12. The van der Waals surface area contributed by atoms with Crippen molar-refractivity contribution in [3.63, 3.8) is 0 Å². The van der Waals surface area contributed by atoms with E-state index in [1.807, 2.05) is 19.1 Å². The van der Waals surface area contributed by atoms with Gasteiger partial charge in [0.25, 0.3) is 5.91 Å². The second-order valence-electron chi connectivity index (χ2n) is 4.42. The summed E-state index contributed by atoms with van der Waals surface area (Å²) >= 11 is 0. The molecule has 0 atom stereocenters. The predicted molar refractivity (Wildman–Crippen MR) is 72.5 cm³/mol. The molecule has 19 heavy (non-hydrogen) atoms. The number of aryl methyl sites for hydroxylation is 3. The standard InChI is InChI=1S/C13H17N5O/c1-8-5-4-6-15-10(8)7-16-13(19)12-11(14)9(2)17-18(12)3/h4-6H,7,14H2,1-3H3,(H,16,19). The van der Waals surface area contributed by atoms with Gasteiger partial charge in [-0.05, 0) is 25.5 Å². The number of amides is 1. The minimum atomic E-state index is -0.245. The molecule has 0 radical (unpaired) electrons. The first-order valence-electron chi connectivity index (χ1n) is 5.98. The number of nitrogens with two attached hydrogens (primary N) is 1. The van der Waals surface area contributed by atoms with Gasteiger partial charge in [0.2, 0.25) is 0 Å². The van der Waals surface area contributed by atoms with Gasteiger partial charge >= 0.3 is 0 Å². The lowest BCUT2D eigenvalue weighted by atomic mass is 10.2. The Kier molecular flexibility index (Phi) is 3.50. The number of anilines is 1. The number of nitrogen functional groups attached to an aromatic ring is 1. The van der Waals surface area contributed by atoms with E-state index in [4.69, 9.17) is 5.73 Å². The van der Waals surface area contributed by atoms with Gasteiger partial charge in [-0.2, -0.15) is 5.10 Å². The number of hydrogen-bond acceptors (Lipinski definition) is 4. The van der Waals surface area contributed by atoms with Crippen LogP contribution in [0.2, 0.25) is 0 Å². The lowest BCUT2D eigenvalue weighted by Gasteiger charge is -2.07. The molecule has 0 saturated heterocycles. The number of nitrogens with one attached hydrogen (secondary N) is 1. The lowest BCUT2D eigenvalue weighted by molar-refractivity contribution is 0.0942. The van der Waals surface area contributed by atoms with Gasteiger partial charge in [0.05, 0.1) is 23.6 Å². The van der Waals surface area contributed by atoms with Crippen molar-refractivity contribution < 1.29 is 4.79 Å². The molecule has 0 spiro atoms. The van der Waals surface area contributed by atoms with Crippen LogP contribution >= 0.6 is 0 Å². The van der Waals surface area contributed by atoms with Crippen LogP contribution < -0.4 is 11.1 Å². The summed E-state index contributed by atoms with van der Waals surface area (Å²) < 4.78 is 1.49. The summed E-state index contributed by atoms with van der Waals surface area (Å²) in [6, 6.07) is 3.82. The number of carbonyl (C=O) groups is 1. The zero-order valence-electron chi connectivity index (χ0n) is 11.3. The predicted octanol–water partition coefficient (Wildman–Crippen LogP) is 0.944. The van der Waals surface area contributed by atoms with E-state index in [0.29, 0.717) is 23.6 Å². The molecule has 0 aromatic carbocycles. The molecule has 0 fully saturated rings. The summed E-state index contributed by atoms with van der Waals surface area (Å²) in [6.07, 6.45) is 1.71. The van der Waals surface area contributed by atoms with Crippen LogP contribution in [0.25, 0.3) is 0 Å². The van der Waals surface area contributed by atoms with Crippen molar-refractivity contribution >= 4 is 11.6 Å². The van der Waals surface area contributed by atoms with Gasteiger partial charge in [0, 0.05) is 13.2 Å². The van der Waals surface area contributed by atoms with Crippen LogP contribution in [0.5, 0.6) is 0 Å². The highest BCUT2D eigenvalue weighted by Crippen LogP contribution is 2.15. The monoisotopic (exact) mass is 259 g/mol. The van der Waals surface area contributed by atoms with Crippen molar-refractivity contribution in [2.24, 2.45) is 7.05 Å². The fraction of sp³-hybridized carbons (Fsp3) is 0.308. The number of hydrogen-bond donors (Lipinski definition) is 2. The first-order chi connectivity index (χ1) is 9.00. The van der Waals surface area contributed by atoms with Crippen molar-refractivity contribution in [1.82, 2.24) is 20.1 Å². The molecule has 2 heterocycles. The van der Waals surface area contributed by atoms with Gasteiger partial charge in [-0.25, -0.2) is 0 Å². The van der Waals surface area contributed by atoms with E-state index in [1.54, 1.807) is 20.2 Å². The molecule has 2 rings (SSSR count). The maximum absolute atomic E-state index is 12.1. The molecule has 0 aliphatic carbocycles. The maximum Gasteiger partial charge on any atom is 0.272 e. The first-order valence-corrected chi connectivity index (χ1v) is 5.98. The minimum Gasteiger partial charge on any atom is -0.395 e. The van der Waals surface area contributed by atoms with E-state index < -0.39 is 0 Å². The molecule has 2 aromatic heterocycles. The normalized spacial score (nSPS) is 10.5. The fourth-order valence-corrected chi connectivity index (χ4v) is 1.89. The van der Waals surface area contributed by atoms with E-state index in [-0.39, 0.29) is 5.91 Å². The summed E-state index contributed by atoms with van der Waals surface area (Å²) in [5, 5.41) is 6.93. The molecule has 0 saturated carbocycles. The number of rotatable bonds is 3. The number of nitrogens with zero attached hydrogens (tertiary/aromatic N) is 3. The van der Waals surface area contributed by atoms with E-state index in [9.17, 15) is 4.79 Å². The molecule has 6 nitrogen and oxygen atoms in total. The van der Waals surface area contributed by atoms with Crippen LogP contribution in [0.4, 0.5) is 5.69 Å². The van der Waals surface area contributed by atoms with E-state index in [0.717, 1.165) is 11.3 Å². The highest BCUT2D eigenvalue weighted by atomic mass is 16.2. The molecule has 0 aliphatic heterocycles. The molecule has 1 amide bonds. The fourth-order valence-electron chi connectivity index (χ4n) is 1.89. The molecule has 0 aliphatic rings. The third-order valence-corrected chi connectivity index (χ3v) is 3.02. The van der Waals surface area contributed by atoms with Crippen molar-refractivity contribution in [2.45, 2.75) is 20.4 Å². The average molecular weight is 259 g/mol. The smallest absolute Gasteiger partial charge is 0.272 e. The molecule has 2 aromatic rings. The molecule has 100 valence electrons. The second-order valence-corrected chi connectivity index (χ2v) is 4.42. The topological polar surface area (TPSA) is 85.8 Å². The Morgan fingerprint density at radius 2 is 2.21 bits per heavy atom. The Morgan fingerprint density at radius 1 is 1.47 bits per heavy atom. The molecule has 6 heteroatoms. The van der Waals surface area contributed by atoms with Crippen LogP contribution in [-0.2, 0) is 13.6 Å². The first kappa shape index (κ1) is 13.1. The Morgan fingerprint density at radius 3 is 2.79 bits per heavy atom. The van der Waals surface area contributed by atoms with Crippen molar-refractivity contribution in [3.05, 3.63) is 41.0 Å². The summed E-state index contributed by atoms with van der Waals surface area (Å²) in [5.74, 6) is -0.245. The molecular formula is C13H17N5O. The highest BCUT2D eigenvalue weighted by molar-refractivity contribution is 5.97.